The summed E-state index contributed by atoms with van der Waals surface area (Å²) in [5.74, 6) is -1.02. The number of carbonyl (C=O) groups is 1. The maximum absolute atomic E-state index is 10.5. The topological polar surface area (TPSA) is 68.0 Å². The van der Waals surface area contributed by atoms with Gasteiger partial charge in [-0.25, -0.2) is 14.5 Å². The molecule has 17 heavy (non-hydrogen) atoms. The van der Waals surface area contributed by atoms with Crippen LogP contribution in [-0.2, 0) is 4.79 Å². The first-order valence-electron chi connectivity index (χ1n) is 4.72. The van der Waals surface area contributed by atoms with E-state index in [1.807, 2.05) is 0 Å². The molecule has 0 radical (unpaired) electrons. The number of aliphatic carboxylic acids is 1. The molecule has 0 bridgehead atoms. The van der Waals surface area contributed by atoms with E-state index in [-0.39, 0.29) is 0 Å². The highest BCUT2D eigenvalue weighted by molar-refractivity contribution is 6.30. The molecule has 0 aliphatic heterocycles. The van der Waals surface area contributed by atoms with E-state index < -0.39 is 5.97 Å². The van der Waals surface area contributed by atoms with Crippen molar-refractivity contribution in [2.24, 2.45) is 0 Å². The van der Waals surface area contributed by atoms with E-state index in [1.54, 1.807) is 18.2 Å². The number of hydrogen-bond donors (Lipinski definition) is 1. The Morgan fingerprint density at radius 2 is 2.29 bits per heavy atom. The molecule has 6 heteroatoms. The van der Waals surface area contributed by atoms with Crippen LogP contribution in [0.4, 0.5) is 0 Å². The molecule has 1 aromatic carbocycles. The minimum atomic E-state index is -1.02. The number of benzene rings is 1. The predicted octanol–water partition coefficient (Wildman–Crippen LogP) is 2.02. The van der Waals surface area contributed by atoms with E-state index in [2.05, 4.69) is 10.1 Å². The Kier molecular flexibility index (Phi) is 3.20. The first-order chi connectivity index (χ1) is 8.16. The fraction of sp³-hybridized carbons (Fsp3) is 0. The van der Waals surface area contributed by atoms with E-state index in [0.717, 1.165) is 6.08 Å². The number of halogens is 1. The maximum Gasteiger partial charge on any atom is 0.328 e. The molecule has 0 amide bonds. The van der Waals surface area contributed by atoms with E-state index in [1.165, 1.54) is 23.4 Å². The van der Waals surface area contributed by atoms with Crippen molar-refractivity contribution in [1.29, 1.82) is 0 Å². The largest absolute Gasteiger partial charge is 0.478 e. The van der Waals surface area contributed by atoms with E-state index in [0.29, 0.717) is 16.3 Å². The lowest BCUT2D eigenvalue weighted by Crippen LogP contribution is -1.97. The van der Waals surface area contributed by atoms with Gasteiger partial charge in [0.05, 0.1) is 5.69 Å². The van der Waals surface area contributed by atoms with Crippen molar-refractivity contribution in [2.45, 2.75) is 0 Å². The maximum atomic E-state index is 10.5. The van der Waals surface area contributed by atoms with Crippen LogP contribution >= 0.6 is 11.6 Å². The van der Waals surface area contributed by atoms with Crippen molar-refractivity contribution < 1.29 is 9.90 Å². The highest BCUT2D eigenvalue weighted by Crippen LogP contribution is 2.20. The lowest BCUT2D eigenvalue weighted by molar-refractivity contribution is -0.131. The van der Waals surface area contributed by atoms with Crippen LogP contribution in [0.15, 0.2) is 36.9 Å². The van der Waals surface area contributed by atoms with Gasteiger partial charge in [-0.05, 0) is 24.3 Å². The summed E-state index contributed by atoms with van der Waals surface area (Å²) in [5.41, 5.74) is 1.37. The molecule has 1 heterocycles. The van der Waals surface area contributed by atoms with Gasteiger partial charge in [-0.2, -0.15) is 5.10 Å². The van der Waals surface area contributed by atoms with Crippen molar-refractivity contribution >= 4 is 23.6 Å². The van der Waals surface area contributed by atoms with Crippen LogP contribution in [0.25, 0.3) is 11.8 Å². The Labute approximate surface area is 102 Å². The zero-order valence-electron chi connectivity index (χ0n) is 8.62. The molecule has 1 N–H and O–H groups in total. The molecular weight excluding hydrogens is 242 g/mol. The van der Waals surface area contributed by atoms with Crippen molar-refractivity contribution in [2.75, 3.05) is 0 Å². The highest BCUT2D eigenvalue weighted by atomic mass is 35.5. The number of carboxylic acids is 1. The zero-order chi connectivity index (χ0) is 12.3. The Balaban J connectivity index is 2.48. The summed E-state index contributed by atoms with van der Waals surface area (Å²) in [6.07, 6.45) is 5.44. The van der Waals surface area contributed by atoms with Crippen LogP contribution in [0.5, 0.6) is 0 Å². The number of carboxylic acid groups (broad SMARTS) is 1. The Hall–Kier alpha value is -2.14. The van der Waals surface area contributed by atoms with Gasteiger partial charge in [0.15, 0.2) is 0 Å². The molecule has 0 saturated carbocycles. The van der Waals surface area contributed by atoms with Gasteiger partial charge < -0.3 is 5.11 Å². The molecule has 0 spiro atoms. The average Bonchev–Trinajstić information content (AvgIpc) is 2.80. The van der Waals surface area contributed by atoms with Gasteiger partial charge in [0.2, 0.25) is 0 Å². The lowest BCUT2D eigenvalue weighted by atomic mass is 10.1. The second-order valence-electron chi connectivity index (χ2n) is 3.21. The normalized spacial score (nSPS) is 10.9. The molecule has 0 saturated heterocycles. The molecule has 1 aromatic heterocycles. The second-order valence-corrected chi connectivity index (χ2v) is 3.65. The fourth-order valence-corrected chi connectivity index (χ4v) is 1.54. The summed E-state index contributed by atoms with van der Waals surface area (Å²) in [5, 5.41) is 13.1. The van der Waals surface area contributed by atoms with Crippen molar-refractivity contribution in [3.63, 3.8) is 0 Å². The molecule has 2 aromatic rings. The summed E-state index contributed by atoms with van der Waals surface area (Å²) < 4.78 is 1.54. The summed E-state index contributed by atoms with van der Waals surface area (Å²) in [7, 11) is 0. The highest BCUT2D eigenvalue weighted by Gasteiger charge is 2.04. The third kappa shape index (κ3) is 2.70. The van der Waals surface area contributed by atoms with E-state index in [4.69, 9.17) is 16.7 Å². The molecule has 0 atom stereocenters. The second kappa shape index (κ2) is 4.80. The van der Waals surface area contributed by atoms with Gasteiger partial charge in [0.1, 0.15) is 12.7 Å². The minimum Gasteiger partial charge on any atom is -0.478 e. The lowest BCUT2D eigenvalue weighted by Gasteiger charge is -2.05. The number of nitrogens with zero attached hydrogens (tertiary/aromatic N) is 3. The van der Waals surface area contributed by atoms with E-state index in [9.17, 15) is 4.79 Å². The Morgan fingerprint density at radius 3 is 2.94 bits per heavy atom. The minimum absolute atomic E-state index is 0.527. The van der Waals surface area contributed by atoms with Gasteiger partial charge in [-0.15, -0.1) is 0 Å². The van der Waals surface area contributed by atoms with Crippen molar-refractivity contribution in [3.05, 3.63) is 47.5 Å². The zero-order valence-corrected chi connectivity index (χ0v) is 9.37. The number of rotatable bonds is 3. The predicted molar refractivity (Wildman–Crippen MR) is 63.0 cm³/mol. The molecule has 0 fully saturated rings. The third-order valence-electron chi connectivity index (χ3n) is 2.06. The van der Waals surface area contributed by atoms with E-state index >= 15 is 0 Å². The first kappa shape index (κ1) is 11.3. The number of hydrogen-bond acceptors (Lipinski definition) is 3. The van der Waals surface area contributed by atoms with Crippen LogP contribution in [0, 0.1) is 0 Å². The molecule has 0 aliphatic rings. The van der Waals surface area contributed by atoms with Crippen molar-refractivity contribution in [3.8, 4) is 5.69 Å². The monoisotopic (exact) mass is 249 g/mol. The molecule has 5 nitrogen and oxygen atoms in total. The average molecular weight is 250 g/mol. The number of aromatic nitrogens is 3. The fourth-order valence-electron chi connectivity index (χ4n) is 1.36. The van der Waals surface area contributed by atoms with Gasteiger partial charge in [-0.1, -0.05) is 11.6 Å². The summed E-state index contributed by atoms with van der Waals surface area (Å²) in [6, 6.07) is 5.12. The first-order valence-corrected chi connectivity index (χ1v) is 5.10. The van der Waals surface area contributed by atoms with Gasteiger partial charge >= 0.3 is 5.97 Å². The van der Waals surface area contributed by atoms with Gasteiger partial charge in [-0.3, -0.25) is 0 Å². The van der Waals surface area contributed by atoms with Gasteiger partial charge in [0, 0.05) is 16.7 Å². The summed E-state index contributed by atoms with van der Waals surface area (Å²) in [6.45, 7) is 0. The SMILES string of the molecule is O=C(O)C=Cc1cc(Cl)ccc1-n1cncn1. The van der Waals surface area contributed by atoms with Crippen LogP contribution in [0.1, 0.15) is 5.56 Å². The van der Waals surface area contributed by atoms with Crippen molar-refractivity contribution in [1.82, 2.24) is 14.8 Å². The Morgan fingerprint density at radius 1 is 1.47 bits per heavy atom. The Bertz CT molecular complexity index is 564. The van der Waals surface area contributed by atoms with Crippen LogP contribution in [-0.4, -0.2) is 25.8 Å². The molecule has 0 aliphatic carbocycles. The summed E-state index contributed by atoms with van der Waals surface area (Å²) in [4.78, 5) is 14.3. The molecule has 0 unspecified atom stereocenters. The standard InChI is InChI=1S/C11H8ClN3O2/c12-9-2-3-10(15-7-13-6-14-15)8(5-9)1-4-11(16)17/h1-7H,(H,16,17). The van der Waals surface area contributed by atoms with Crippen LogP contribution in [0.2, 0.25) is 5.02 Å². The molecule has 86 valence electrons. The molecule has 2 rings (SSSR count). The van der Waals surface area contributed by atoms with Crippen LogP contribution in [0.3, 0.4) is 0 Å². The quantitative estimate of drug-likeness (QED) is 0.845. The van der Waals surface area contributed by atoms with Gasteiger partial charge in [0.25, 0.3) is 0 Å². The molecular formula is C11H8ClN3O2. The third-order valence-corrected chi connectivity index (χ3v) is 2.30. The smallest absolute Gasteiger partial charge is 0.328 e. The van der Waals surface area contributed by atoms with Crippen LogP contribution < -0.4 is 0 Å². The summed E-state index contributed by atoms with van der Waals surface area (Å²) >= 11 is 5.87.